The second kappa shape index (κ2) is 11.5. The van der Waals surface area contributed by atoms with E-state index in [1.807, 2.05) is 18.2 Å². The molecule has 11 heteroatoms. The molecular formula is C24H22ClFN4O3S2. The van der Waals surface area contributed by atoms with Gasteiger partial charge in [0.05, 0.1) is 36.4 Å². The predicted octanol–water partition coefficient (Wildman–Crippen LogP) is 5.69. The normalized spacial score (nSPS) is 11.7. The van der Waals surface area contributed by atoms with Crippen molar-refractivity contribution in [3.63, 3.8) is 0 Å². The molecule has 182 valence electrons. The van der Waals surface area contributed by atoms with E-state index in [1.165, 1.54) is 27.8 Å². The Balaban J connectivity index is 1.62. The summed E-state index contributed by atoms with van der Waals surface area (Å²) in [5, 5.41) is 5.58. The second-order valence-corrected chi connectivity index (χ2v) is 9.91. The van der Waals surface area contributed by atoms with E-state index < -0.39 is 16.8 Å². The average Bonchev–Trinajstić information content (AvgIpc) is 3.42. The second-order valence-electron chi connectivity index (χ2n) is 7.26. The Morgan fingerprint density at radius 3 is 2.71 bits per heavy atom. The van der Waals surface area contributed by atoms with Gasteiger partial charge < -0.3 is 14.8 Å². The maximum atomic E-state index is 15.2. The lowest BCUT2D eigenvalue weighted by Crippen LogP contribution is -2.26. The number of aromatic nitrogens is 2. The number of pyridine rings is 1. The number of nitrogens with zero attached hydrogens (tertiary/aromatic N) is 3. The summed E-state index contributed by atoms with van der Waals surface area (Å²) < 4.78 is 41.1. The van der Waals surface area contributed by atoms with Gasteiger partial charge >= 0.3 is 0 Å². The summed E-state index contributed by atoms with van der Waals surface area (Å²) in [7, 11) is 1.16. The number of ether oxygens (including phenoxy) is 2. The molecule has 1 unspecified atom stereocenters. The van der Waals surface area contributed by atoms with E-state index in [2.05, 4.69) is 15.3 Å². The van der Waals surface area contributed by atoms with Crippen molar-refractivity contribution >= 4 is 44.7 Å². The molecular weight excluding hydrogens is 511 g/mol. The van der Waals surface area contributed by atoms with Crippen LogP contribution in [0.25, 0.3) is 0 Å². The number of anilines is 2. The smallest absolute Gasteiger partial charge is 0.197 e. The van der Waals surface area contributed by atoms with Gasteiger partial charge in [0.1, 0.15) is 17.3 Å². The zero-order chi connectivity index (χ0) is 24.8. The summed E-state index contributed by atoms with van der Waals surface area (Å²) in [5.41, 5.74) is 2.05. The molecule has 0 radical (unpaired) electrons. The van der Waals surface area contributed by atoms with Gasteiger partial charge in [0.25, 0.3) is 0 Å². The monoisotopic (exact) mass is 532 g/mol. The number of benzene rings is 2. The van der Waals surface area contributed by atoms with Crippen molar-refractivity contribution in [2.45, 2.75) is 18.0 Å². The van der Waals surface area contributed by atoms with E-state index in [9.17, 15) is 4.21 Å². The van der Waals surface area contributed by atoms with Gasteiger partial charge in [-0.1, -0.05) is 17.7 Å². The van der Waals surface area contributed by atoms with Gasteiger partial charge in [-0.05, 0) is 35.9 Å². The highest BCUT2D eigenvalue weighted by atomic mass is 35.5. The van der Waals surface area contributed by atoms with Crippen molar-refractivity contribution in [1.29, 1.82) is 0 Å². The molecule has 7 nitrogen and oxygen atoms in total. The van der Waals surface area contributed by atoms with Crippen molar-refractivity contribution in [3.05, 3.63) is 88.4 Å². The molecule has 4 aromatic rings. The number of methoxy groups -OCH3 is 2. The molecule has 0 fully saturated rings. The lowest BCUT2D eigenvalue weighted by molar-refractivity contribution is 0.391. The highest BCUT2D eigenvalue weighted by molar-refractivity contribution is 7.86. The van der Waals surface area contributed by atoms with Gasteiger partial charge in [-0.3, -0.25) is 9.29 Å². The predicted molar refractivity (Wildman–Crippen MR) is 137 cm³/mol. The van der Waals surface area contributed by atoms with Crippen molar-refractivity contribution in [3.8, 4) is 11.5 Å². The molecule has 0 aliphatic heterocycles. The van der Waals surface area contributed by atoms with E-state index in [4.69, 9.17) is 21.1 Å². The summed E-state index contributed by atoms with van der Waals surface area (Å²) in [6.07, 6.45) is 4.99. The minimum absolute atomic E-state index is 0.0513. The van der Waals surface area contributed by atoms with Crippen LogP contribution in [-0.2, 0) is 24.1 Å². The third-order valence-electron chi connectivity index (χ3n) is 5.06. The minimum Gasteiger partial charge on any atom is -0.497 e. The number of rotatable bonds is 10. The van der Waals surface area contributed by atoms with Gasteiger partial charge in [-0.15, -0.1) is 11.3 Å². The molecule has 2 heterocycles. The van der Waals surface area contributed by atoms with Gasteiger partial charge in [-0.2, -0.15) is 0 Å². The molecule has 1 atom stereocenters. The molecule has 4 rings (SSSR count). The number of nitrogens with one attached hydrogen (secondary N) is 1. The summed E-state index contributed by atoms with van der Waals surface area (Å²) in [4.78, 5) is 8.30. The highest BCUT2D eigenvalue weighted by Crippen LogP contribution is 2.33. The van der Waals surface area contributed by atoms with Gasteiger partial charge in [-0.25, -0.2) is 13.6 Å². The first-order chi connectivity index (χ1) is 17.0. The lowest BCUT2D eigenvalue weighted by atomic mass is 10.2. The number of hydrogen-bond donors (Lipinski definition) is 1. The summed E-state index contributed by atoms with van der Waals surface area (Å²) >= 11 is 7.73. The lowest BCUT2D eigenvalue weighted by Gasteiger charge is -2.23. The number of thiazole rings is 1. The van der Waals surface area contributed by atoms with Crippen LogP contribution in [0.15, 0.2) is 71.3 Å². The molecule has 0 saturated heterocycles. The Hall–Kier alpha value is -3.21. The average molecular weight is 533 g/mol. The van der Waals surface area contributed by atoms with Crippen LogP contribution in [-0.4, -0.2) is 28.4 Å². The van der Waals surface area contributed by atoms with Crippen molar-refractivity contribution < 1.29 is 18.1 Å². The van der Waals surface area contributed by atoms with Crippen LogP contribution < -0.4 is 19.1 Å². The van der Waals surface area contributed by atoms with Crippen LogP contribution in [0.2, 0.25) is 5.02 Å². The zero-order valence-electron chi connectivity index (χ0n) is 18.9. The summed E-state index contributed by atoms with van der Waals surface area (Å²) in [5.74, 6) is 0.528. The van der Waals surface area contributed by atoms with Crippen LogP contribution in [0.3, 0.4) is 0 Å². The van der Waals surface area contributed by atoms with Crippen molar-refractivity contribution in [1.82, 2.24) is 9.97 Å². The van der Waals surface area contributed by atoms with E-state index >= 15 is 4.39 Å². The van der Waals surface area contributed by atoms with Gasteiger partial charge in [0.2, 0.25) is 0 Å². The molecule has 0 amide bonds. The maximum Gasteiger partial charge on any atom is 0.197 e. The third-order valence-corrected chi connectivity index (χ3v) is 7.67. The zero-order valence-corrected chi connectivity index (χ0v) is 21.3. The van der Waals surface area contributed by atoms with E-state index in [0.29, 0.717) is 28.9 Å². The molecule has 1 N–H and O–H groups in total. The molecule has 2 aromatic heterocycles. The number of halogens is 2. The van der Waals surface area contributed by atoms with Gasteiger partial charge in [0, 0.05) is 42.1 Å². The Morgan fingerprint density at radius 1 is 1.17 bits per heavy atom. The fraction of sp³-hybridized carbons (Fsp3) is 0.167. The first-order valence-electron chi connectivity index (χ1n) is 10.4. The topological polar surface area (TPSA) is 76.6 Å². The summed E-state index contributed by atoms with van der Waals surface area (Å²) in [6.45, 7) is 0.573. The largest absolute Gasteiger partial charge is 0.497 e. The molecule has 2 aromatic carbocycles. The standard InChI is InChI=1S/C24H22ClFN4O3S2/c1-32-18-6-5-17(22(10-18)33-2)15-30(24-28-8-9-34-24)35(31)23-11-19(25)21(12-20(23)26)29-14-16-4-3-7-27-13-16/h3-13,29H,14-15H2,1-2H3. The number of hydrogen-bond acceptors (Lipinski definition) is 7. The molecule has 35 heavy (non-hydrogen) atoms. The van der Waals surface area contributed by atoms with Crippen molar-refractivity contribution in [2.75, 3.05) is 23.8 Å². The Morgan fingerprint density at radius 2 is 2.03 bits per heavy atom. The minimum atomic E-state index is -1.94. The SMILES string of the molecule is COc1ccc(CN(c2nccs2)S(=O)c2cc(Cl)c(NCc3cccnc3)cc2F)c(OC)c1. The Labute approximate surface area is 214 Å². The van der Waals surface area contributed by atoms with E-state index in [0.717, 1.165) is 11.1 Å². The highest BCUT2D eigenvalue weighted by Gasteiger charge is 2.24. The van der Waals surface area contributed by atoms with Crippen LogP contribution in [0.5, 0.6) is 11.5 Å². The molecule has 0 aliphatic carbocycles. The van der Waals surface area contributed by atoms with E-state index in [-0.39, 0.29) is 16.5 Å². The summed E-state index contributed by atoms with van der Waals surface area (Å²) in [6, 6.07) is 11.7. The first kappa shape index (κ1) is 24.9. The molecule has 0 spiro atoms. The quantitative estimate of drug-likeness (QED) is 0.283. The van der Waals surface area contributed by atoms with Crippen LogP contribution >= 0.6 is 22.9 Å². The van der Waals surface area contributed by atoms with Crippen LogP contribution in [0.4, 0.5) is 15.2 Å². The Kier molecular flexibility index (Phi) is 8.17. The molecule has 0 aliphatic rings. The molecule has 0 saturated carbocycles. The third kappa shape index (κ3) is 5.90. The maximum absolute atomic E-state index is 15.2. The fourth-order valence-corrected chi connectivity index (χ4v) is 5.59. The van der Waals surface area contributed by atoms with Gasteiger partial charge in [0.15, 0.2) is 16.1 Å². The molecule has 0 bridgehead atoms. The Bertz CT molecular complexity index is 1310. The van der Waals surface area contributed by atoms with Crippen LogP contribution in [0, 0.1) is 5.82 Å². The fourth-order valence-electron chi connectivity index (χ4n) is 3.29. The first-order valence-corrected chi connectivity index (χ1v) is 12.8. The van der Waals surface area contributed by atoms with E-state index in [1.54, 1.807) is 50.3 Å². The van der Waals surface area contributed by atoms with Crippen LogP contribution in [0.1, 0.15) is 11.1 Å². The van der Waals surface area contributed by atoms with Crippen molar-refractivity contribution in [2.24, 2.45) is 0 Å².